The smallest absolute Gasteiger partial charge is 0.338 e. The number of carbonyl (C=O) groups is 1. The van der Waals surface area contributed by atoms with Gasteiger partial charge in [-0.05, 0) is 42.3 Å². The fraction of sp³-hybridized carbons (Fsp3) is 0.188. The van der Waals surface area contributed by atoms with Gasteiger partial charge in [-0.3, -0.25) is 0 Å². The van der Waals surface area contributed by atoms with Gasteiger partial charge in [-0.15, -0.1) is 6.58 Å². The number of fused-ring (bicyclic) bond motifs is 1. The van der Waals surface area contributed by atoms with Crippen LogP contribution in [0.25, 0.3) is 10.8 Å². The number of ether oxygens (including phenoxy) is 1. The maximum atomic E-state index is 11.7. The van der Waals surface area contributed by atoms with E-state index in [1.54, 1.807) is 31.2 Å². The fourth-order valence-corrected chi connectivity index (χ4v) is 2.07. The van der Waals surface area contributed by atoms with E-state index < -0.39 is 0 Å². The Bertz CT molecular complexity index is 629. The summed E-state index contributed by atoms with van der Waals surface area (Å²) < 4.78 is 4.99. The molecule has 0 aliphatic rings. The summed E-state index contributed by atoms with van der Waals surface area (Å²) in [6.45, 7) is 5.80. The number of phenols is 1. The second-order valence-electron chi connectivity index (χ2n) is 4.21. The van der Waals surface area contributed by atoms with Crippen LogP contribution in [0.4, 0.5) is 0 Å². The maximum absolute atomic E-state index is 11.7. The highest BCUT2D eigenvalue weighted by Crippen LogP contribution is 2.28. The molecule has 98 valence electrons. The first kappa shape index (κ1) is 13.1. The molecule has 2 rings (SSSR count). The minimum absolute atomic E-state index is 0.216. The highest BCUT2D eigenvalue weighted by atomic mass is 16.5. The van der Waals surface area contributed by atoms with Crippen molar-refractivity contribution in [2.24, 2.45) is 0 Å². The third kappa shape index (κ3) is 2.60. The van der Waals surface area contributed by atoms with Gasteiger partial charge in [-0.2, -0.15) is 0 Å². The van der Waals surface area contributed by atoms with Crippen LogP contribution in [0.1, 0.15) is 22.8 Å². The molecule has 1 N–H and O–H groups in total. The molecule has 0 aliphatic heterocycles. The molecule has 0 radical (unpaired) electrons. The van der Waals surface area contributed by atoms with Gasteiger partial charge < -0.3 is 9.84 Å². The molecule has 19 heavy (non-hydrogen) atoms. The first-order valence-electron chi connectivity index (χ1n) is 6.20. The summed E-state index contributed by atoms with van der Waals surface area (Å²) >= 11 is 0. The van der Waals surface area contributed by atoms with Crippen LogP contribution in [0.5, 0.6) is 5.75 Å². The number of aromatic hydroxyl groups is 1. The highest BCUT2D eigenvalue weighted by molar-refractivity contribution is 5.97. The van der Waals surface area contributed by atoms with E-state index in [2.05, 4.69) is 6.58 Å². The standard InChI is InChI=1S/C16H16O3/c1-3-5-13-14-10-12(16(18)19-4-2)7-6-11(14)8-9-15(13)17/h3,6-10,17H,1,4-5H2,2H3. The van der Waals surface area contributed by atoms with E-state index in [0.717, 1.165) is 16.3 Å². The van der Waals surface area contributed by atoms with Crippen molar-refractivity contribution < 1.29 is 14.6 Å². The van der Waals surface area contributed by atoms with Crippen LogP contribution in [-0.4, -0.2) is 17.7 Å². The predicted molar refractivity (Wildman–Crippen MR) is 75.5 cm³/mol. The molecule has 3 nitrogen and oxygen atoms in total. The molecular formula is C16H16O3. The van der Waals surface area contributed by atoms with Crippen molar-refractivity contribution in [3.63, 3.8) is 0 Å². The zero-order valence-corrected chi connectivity index (χ0v) is 10.8. The van der Waals surface area contributed by atoms with E-state index in [0.29, 0.717) is 18.6 Å². The van der Waals surface area contributed by atoms with Crippen LogP contribution >= 0.6 is 0 Å². The molecule has 0 spiro atoms. The van der Waals surface area contributed by atoms with Gasteiger partial charge in [0.15, 0.2) is 0 Å². The molecule has 0 bridgehead atoms. The summed E-state index contributed by atoms with van der Waals surface area (Å²) in [5.41, 5.74) is 1.27. The molecule has 0 heterocycles. The second kappa shape index (κ2) is 5.57. The van der Waals surface area contributed by atoms with Gasteiger partial charge >= 0.3 is 5.97 Å². The maximum Gasteiger partial charge on any atom is 0.338 e. The largest absolute Gasteiger partial charge is 0.508 e. The van der Waals surface area contributed by atoms with E-state index in [-0.39, 0.29) is 11.7 Å². The SMILES string of the molecule is C=CCc1c(O)ccc2ccc(C(=O)OCC)cc12. The summed E-state index contributed by atoms with van der Waals surface area (Å²) in [4.78, 5) is 11.7. The van der Waals surface area contributed by atoms with Crippen molar-refractivity contribution in [1.82, 2.24) is 0 Å². The Balaban J connectivity index is 2.59. The van der Waals surface area contributed by atoms with Gasteiger partial charge in [0.2, 0.25) is 0 Å². The van der Waals surface area contributed by atoms with Crippen molar-refractivity contribution in [3.8, 4) is 5.75 Å². The minimum atomic E-state index is -0.350. The lowest BCUT2D eigenvalue weighted by molar-refractivity contribution is 0.0526. The van der Waals surface area contributed by atoms with Crippen molar-refractivity contribution in [2.75, 3.05) is 6.61 Å². The van der Waals surface area contributed by atoms with Crippen LogP contribution in [-0.2, 0) is 11.2 Å². The molecule has 2 aromatic rings. The summed E-state index contributed by atoms with van der Waals surface area (Å²) in [6.07, 6.45) is 2.28. The van der Waals surface area contributed by atoms with Crippen molar-refractivity contribution in [1.29, 1.82) is 0 Å². The molecule has 0 fully saturated rings. The normalized spacial score (nSPS) is 10.4. The van der Waals surface area contributed by atoms with E-state index in [1.165, 1.54) is 0 Å². The topological polar surface area (TPSA) is 46.5 Å². The fourth-order valence-electron chi connectivity index (χ4n) is 2.07. The van der Waals surface area contributed by atoms with Gasteiger partial charge in [-0.25, -0.2) is 4.79 Å². The number of rotatable bonds is 4. The Labute approximate surface area is 112 Å². The third-order valence-corrected chi connectivity index (χ3v) is 2.97. The number of phenolic OH excluding ortho intramolecular Hbond substituents is 1. The van der Waals surface area contributed by atoms with Crippen LogP contribution in [0.2, 0.25) is 0 Å². The summed E-state index contributed by atoms with van der Waals surface area (Å²) in [6, 6.07) is 8.83. The van der Waals surface area contributed by atoms with Gasteiger partial charge in [-0.1, -0.05) is 18.2 Å². The average molecular weight is 256 g/mol. The van der Waals surface area contributed by atoms with Crippen molar-refractivity contribution >= 4 is 16.7 Å². The third-order valence-electron chi connectivity index (χ3n) is 2.97. The van der Waals surface area contributed by atoms with Crippen molar-refractivity contribution in [2.45, 2.75) is 13.3 Å². The summed E-state index contributed by atoms with van der Waals surface area (Å²) in [5, 5.41) is 11.7. The zero-order chi connectivity index (χ0) is 13.8. The molecule has 0 amide bonds. The molecule has 0 aliphatic carbocycles. The molecule has 3 heteroatoms. The van der Waals surface area contributed by atoms with Gasteiger partial charge in [0.05, 0.1) is 12.2 Å². The number of esters is 1. The van der Waals surface area contributed by atoms with E-state index in [1.807, 2.05) is 12.1 Å². The molecule has 0 aromatic heterocycles. The number of allylic oxidation sites excluding steroid dienone is 1. The van der Waals surface area contributed by atoms with Crippen LogP contribution in [0.15, 0.2) is 43.0 Å². The van der Waals surface area contributed by atoms with Gasteiger partial charge in [0.1, 0.15) is 5.75 Å². The number of carbonyl (C=O) groups excluding carboxylic acids is 1. The van der Waals surface area contributed by atoms with E-state index in [9.17, 15) is 9.90 Å². The van der Waals surface area contributed by atoms with Crippen molar-refractivity contribution in [3.05, 3.63) is 54.1 Å². The van der Waals surface area contributed by atoms with E-state index in [4.69, 9.17) is 4.74 Å². The van der Waals surface area contributed by atoms with Gasteiger partial charge in [0, 0.05) is 5.56 Å². The van der Waals surface area contributed by atoms with Crippen LogP contribution in [0, 0.1) is 0 Å². The van der Waals surface area contributed by atoms with Gasteiger partial charge in [0.25, 0.3) is 0 Å². The van der Waals surface area contributed by atoms with Crippen LogP contribution < -0.4 is 0 Å². The summed E-state index contributed by atoms with van der Waals surface area (Å²) in [5.74, 6) is -0.134. The monoisotopic (exact) mass is 256 g/mol. The zero-order valence-electron chi connectivity index (χ0n) is 10.8. The lowest BCUT2D eigenvalue weighted by atomic mass is 9.99. The molecule has 0 atom stereocenters. The highest BCUT2D eigenvalue weighted by Gasteiger charge is 2.10. The number of benzene rings is 2. The Morgan fingerprint density at radius 2 is 2.11 bits per heavy atom. The Kier molecular flexibility index (Phi) is 3.85. The van der Waals surface area contributed by atoms with E-state index >= 15 is 0 Å². The Morgan fingerprint density at radius 1 is 1.37 bits per heavy atom. The molecule has 2 aromatic carbocycles. The predicted octanol–water partition coefficient (Wildman–Crippen LogP) is 3.45. The number of hydrogen-bond acceptors (Lipinski definition) is 3. The minimum Gasteiger partial charge on any atom is -0.508 e. The molecular weight excluding hydrogens is 240 g/mol. The number of hydrogen-bond donors (Lipinski definition) is 1. The first-order valence-corrected chi connectivity index (χ1v) is 6.20. The molecule has 0 unspecified atom stereocenters. The lowest BCUT2D eigenvalue weighted by Crippen LogP contribution is -2.04. The summed E-state index contributed by atoms with van der Waals surface area (Å²) in [7, 11) is 0. The molecule has 0 saturated heterocycles. The second-order valence-corrected chi connectivity index (χ2v) is 4.21. The van der Waals surface area contributed by atoms with Crippen LogP contribution in [0.3, 0.4) is 0 Å². The average Bonchev–Trinajstić information content (AvgIpc) is 2.42. The Hall–Kier alpha value is -2.29. The lowest BCUT2D eigenvalue weighted by Gasteiger charge is -2.09. The molecule has 0 saturated carbocycles. The first-order chi connectivity index (χ1) is 9.17. The quantitative estimate of drug-likeness (QED) is 0.673. The Morgan fingerprint density at radius 3 is 2.79 bits per heavy atom.